The van der Waals surface area contributed by atoms with Crippen LogP contribution in [0.3, 0.4) is 0 Å². The summed E-state index contributed by atoms with van der Waals surface area (Å²) in [7, 11) is 0. The third-order valence-electron chi connectivity index (χ3n) is 5.06. The summed E-state index contributed by atoms with van der Waals surface area (Å²) in [5, 5.41) is 9.82. The second kappa shape index (κ2) is 8.50. The Kier molecular flexibility index (Phi) is 6.19. The zero-order chi connectivity index (χ0) is 21.9. The van der Waals surface area contributed by atoms with E-state index in [2.05, 4.69) is 0 Å². The van der Waals surface area contributed by atoms with Gasteiger partial charge in [-0.25, -0.2) is 0 Å². The molecule has 1 aromatic carbocycles. The van der Waals surface area contributed by atoms with E-state index < -0.39 is 23.2 Å². The number of nitrogens with zero attached hydrogens (tertiary/aromatic N) is 1. The van der Waals surface area contributed by atoms with Crippen molar-refractivity contribution in [3.8, 4) is 5.75 Å². The summed E-state index contributed by atoms with van der Waals surface area (Å²) >= 11 is 0. The molecule has 0 spiro atoms. The fourth-order valence-corrected chi connectivity index (χ4v) is 3.44. The Morgan fingerprint density at radius 2 is 2.00 bits per heavy atom. The number of carbonyl (C=O) groups excluding carboxylic acids is 1. The molecule has 0 saturated carbocycles. The maximum absolute atomic E-state index is 13.5. The van der Waals surface area contributed by atoms with Crippen LogP contribution in [-0.2, 0) is 4.79 Å². The van der Waals surface area contributed by atoms with Crippen LogP contribution in [0.2, 0.25) is 0 Å². The SMILES string of the molecule is C/C=C1\C(=C/C2=C=C(F)C2(O)C(F)(F)F)CCCCN1C(=O)COc1ccccc1. The van der Waals surface area contributed by atoms with Crippen molar-refractivity contribution in [3.05, 3.63) is 70.9 Å². The van der Waals surface area contributed by atoms with E-state index in [0.29, 0.717) is 42.8 Å². The summed E-state index contributed by atoms with van der Waals surface area (Å²) < 4.78 is 58.5. The lowest BCUT2D eigenvalue weighted by Gasteiger charge is -2.33. The number of halogens is 4. The summed E-state index contributed by atoms with van der Waals surface area (Å²) in [6.07, 6.45) is -0.869. The highest BCUT2D eigenvalue weighted by Crippen LogP contribution is 2.47. The van der Waals surface area contributed by atoms with Crippen molar-refractivity contribution in [2.75, 3.05) is 13.2 Å². The molecule has 1 atom stereocenters. The van der Waals surface area contributed by atoms with Crippen molar-refractivity contribution in [2.24, 2.45) is 0 Å². The molecular formula is C22H21F4NO3. The normalized spacial score (nSPS) is 24.8. The van der Waals surface area contributed by atoms with Gasteiger partial charge in [0.25, 0.3) is 11.5 Å². The monoisotopic (exact) mass is 423 g/mol. The molecule has 0 bridgehead atoms. The number of allylic oxidation sites excluding steroid dienone is 2. The molecular weight excluding hydrogens is 402 g/mol. The van der Waals surface area contributed by atoms with Gasteiger partial charge < -0.3 is 14.7 Å². The van der Waals surface area contributed by atoms with E-state index in [0.717, 1.165) is 6.08 Å². The second-order valence-electron chi connectivity index (χ2n) is 7.01. The van der Waals surface area contributed by atoms with Crippen LogP contribution in [0.5, 0.6) is 5.75 Å². The number of carbonyl (C=O) groups is 1. The van der Waals surface area contributed by atoms with Crippen molar-refractivity contribution in [2.45, 2.75) is 38.0 Å². The van der Waals surface area contributed by atoms with Gasteiger partial charge in [-0.05, 0) is 50.0 Å². The molecule has 3 rings (SSSR count). The van der Waals surface area contributed by atoms with Gasteiger partial charge in [0.05, 0.1) is 0 Å². The number of benzene rings is 1. The summed E-state index contributed by atoms with van der Waals surface area (Å²) in [4.78, 5) is 14.2. The highest BCUT2D eigenvalue weighted by atomic mass is 19.4. The predicted octanol–water partition coefficient (Wildman–Crippen LogP) is 4.59. The van der Waals surface area contributed by atoms with E-state index in [9.17, 15) is 27.5 Å². The van der Waals surface area contributed by atoms with Crippen LogP contribution in [0.1, 0.15) is 26.2 Å². The van der Waals surface area contributed by atoms with Crippen LogP contribution in [0, 0.1) is 0 Å². The van der Waals surface area contributed by atoms with Crippen LogP contribution in [0.25, 0.3) is 0 Å². The number of rotatable bonds is 4. The Balaban J connectivity index is 1.84. The fraction of sp³-hybridized carbons (Fsp3) is 0.364. The summed E-state index contributed by atoms with van der Waals surface area (Å²) in [5.74, 6) is -1.59. The molecule has 1 aliphatic carbocycles. The molecule has 160 valence electrons. The Hall–Kier alpha value is -2.83. The number of alkyl halides is 3. The Labute approximate surface area is 171 Å². The zero-order valence-corrected chi connectivity index (χ0v) is 16.3. The van der Waals surface area contributed by atoms with Crippen LogP contribution < -0.4 is 4.74 Å². The smallest absolute Gasteiger partial charge is 0.429 e. The van der Waals surface area contributed by atoms with Gasteiger partial charge in [0, 0.05) is 17.8 Å². The Morgan fingerprint density at radius 3 is 2.60 bits per heavy atom. The van der Waals surface area contributed by atoms with Gasteiger partial charge in [-0.3, -0.25) is 4.79 Å². The largest absolute Gasteiger partial charge is 0.484 e. The quantitative estimate of drug-likeness (QED) is 0.569. The molecule has 1 saturated heterocycles. The van der Waals surface area contributed by atoms with Gasteiger partial charge in [-0.15, -0.1) is 0 Å². The summed E-state index contributed by atoms with van der Waals surface area (Å²) in [6, 6.07) is 8.77. The van der Waals surface area contributed by atoms with Crippen molar-refractivity contribution < 1.29 is 32.2 Å². The average molecular weight is 423 g/mol. The summed E-state index contributed by atoms with van der Waals surface area (Å²) in [5.41, 5.74) is -1.63. The molecule has 0 aromatic heterocycles. The second-order valence-corrected chi connectivity index (χ2v) is 7.01. The van der Waals surface area contributed by atoms with Crippen molar-refractivity contribution >= 4 is 5.91 Å². The maximum atomic E-state index is 13.5. The van der Waals surface area contributed by atoms with Crippen LogP contribution >= 0.6 is 0 Å². The minimum absolute atomic E-state index is 0.238. The molecule has 4 nitrogen and oxygen atoms in total. The number of hydrogen-bond acceptors (Lipinski definition) is 3. The van der Waals surface area contributed by atoms with Crippen molar-refractivity contribution in [1.82, 2.24) is 4.90 Å². The highest BCUT2D eigenvalue weighted by Gasteiger charge is 2.63. The lowest BCUT2D eigenvalue weighted by molar-refractivity contribution is -0.237. The van der Waals surface area contributed by atoms with Crippen LogP contribution in [0.4, 0.5) is 17.6 Å². The van der Waals surface area contributed by atoms with E-state index in [1.807, 2.05) is 11.8 Å². The molecule has 1 aliphatic heterocycles. The highest BCUT2D eigenvalue weighted by molar-refractivity contribution is 5.80. The number of ether oxygens (including phenoxy) is 1. The third-order valence-corrected chi connectivity index (χ3v) is 5.06. The molecule has 1 fully saturated rings. The van der Waals surface area contributed by atoms with Gasteiger partial charge in [-0.2, -0.15) is 17.6 Å². The zero-order valence-electron chi connectivity index (χ0n) is 16.3. The van der Waals surface area contributed by atoms with Crippen molar-refractivity contribution in [1.29, 1.82) is 0 Å². The minimum Gasteiger partial charge on any atom is -0.484 e. The Bertz CT molecular complexity index is 943. The first kappa shape index (κ1) is 21.9. The minimum atomic E-state index is -5.20. The van der Waals surface area contributed by atoms with E-state index >= 15 is 0 Å². The Morgan fingerprint density at radius 1 is 1.30 bits per heavy atom. The maximum Gasteiger partial charge on any atom is 0.429 e. The average Bonchev–Trinajstić information content (AvgIpc) is 2.93. The number of amides is 1. The first-order chi connectivity index (χ1) is 14.2. The van der Waals surface area contributed by atoms with E-state index in [1.54, 1.807) is 37.3 Å². The lowest BCUT2D eigenvalue weighted by atomic mass is 9.82. The molecule has 1 heterocycles. The topological polar surface area (TPSA) is 49.8 Å². The lowest BCUT2D eigenvalue weighted by Crippen LogP contribution is -2.50. The van der Waals surface area contributed by atoms with Gasteiger partial charge in [0.15, 0.2) is 12.4 Å². The first-order valence-corrected chi connectivity index (χ1v) is 9.50. The number of likely N-dealkylation sites (tertiary alicyclic amines) is 1. The van der Waals surface area contributed by atoms with Crippen LogP contribution in [-0.4, -0.2) is 40.8 Å². The summed E-state index contributed by atoms with van der Waals surface area (Å²) in [6.45, 7) is 1.80. The van der Waals surface area contributed by atoms with E-state index in [1.165, 1.54) is 4.90 Å². The molecule has 1 unspecified atom stereocenters. The van der Waals surface area contributed by atoms with Gasteiger partial charge in [0.1, 0.15) is 5.75 Å². The van der Waals surface area contributed by atoms with Gasteiger partial charge in [-0.1, -0.05) is 30.0 Å². The fourth-order valence-electron chi connectivity index (χ4n) is 3.44. The molecule has 2 aliphatic rings. The molecule has 1 amide bonds. The molecule has 30 heavy (non-hydrogen) atoms. The van der Waals surface area contributed by atoms with Gasteiger partial charge >= 0.3 is 6.18 Å². The van der Waals surface area contributed by atoms with E-state index in [-0.39, 0.29) is 12.5 Å². The standard InChI is InChI=1S/C22H21F4NO3/c1-2-18-15(12-16-13-19(23)21(16,29)22(24,25)26)8-6-7-11-27(18)20(28)14-30-17-9-4-3-5-10-17/h2-5,9-10,12,29H,6-8,11,14H2,1H3/b15-12-,18-2+. The molecule has 8 heteroatoms. The number of aliphatic hydroxyl groups is 1. The molecule has 0 radical (unpaired) electrons. The predicted molar refractivity (Wildman–Crippen MR) is 102 cm³/mol. The first-order valence-electron chi connectivity index (χ1n) is 9.50. The van der Waals surface area contributed by atoms with Gasteiger partial charge in [0.2, 0.25) is 0 Å². The van der Waals surface area contributed by atoms with Crippen molar-refractivity contribution in [3.63, 3.8) is 0 Å². The number of para-hydroxylation sites is 1. The van der Waals surface area contributed by atoms with E-state index in [4.69, 9.17) is 4.74 Å². The molecule has 1 N–H and O–H groups in total. The number of hydrogen-bond donors (Lipinski definition) is 1. The van der Waals surface area contributed by atoms with Crippen LogP contribution in [0.15, 0.2) is 70.9 Å². The molecule has 1 aromatic rings. The third kappa shape index (κ3) is 4.06.